The van der Waals surface area contributed by atoms with Crippen LogP contribution in [0, 0.1) is 0 Å². The highest BCUT2D eigenvalue weighted by atomic mass is 35.5. The number of carbonyl (C=O) groups is 1. The zero-order valence-corrected chi connectivity index (χ0v) is 12.5. The molecule has 0 fully saturated rings. The van der Waals surface area contributed by atoms with Crippen LogP contribution in [0.15, 0.2) is 18.2 Å². The van der Waals surface area contributed by atoms with Gasteiger partial charge >= 0.3 is 5.97 Å². The molecular formula is C14H20ClNO3. The fourth-order valence-corrected chi connectivity index (χ4v) is 1.59. The first-order valence-electron chi connectivity index (χ1n) is 6.05. The van der Waals surface area contributed by atoms with Crippen LogP contribution in [-0.4, -0.2) is 25.2 Å². The summed E-state index contributed by atoms with van der Waals surface area (Å²) in [6, 6.07) is 5.50. The SMILES string of the molecule is COC(=O)COc1ccc(CNC(C)(C)C)cc1Cl. The number of nitrogens with one attached hydrogen (secondary N) is 1. The lowest BCUT2D eigenvalue weighted by Gasteiger charge is -2.20. The van der Waals surface area contributed by atoms with Gasteiger partial charge in [-0.1, -0.05) is 17.7 Å². The van der Waals surface area contributed by atoms with Crippen molar-refractivity contribution in [3.05, 3.63) is 28.8 Å². The molecule has 0 saturated heterocycles. The maximum absolute atomic E-state index is 11.0. The summed E-state index contributed by atoms with van der Waals surface area (Å²) >= 11 is 6.10. The molecular weight excluding hydrogens is 266 g/mol. The quantitative estimate of drug-likeness (QED) is 0.845. The van der Waals surface area contributed by atoms with Gasteiger partial charge in [0, 0.05) is 12.1 Å². The van der Waals surface area contributed by atoms with E-state index in [1.165, 1.54) is 7.11 Å². The minimum atomic E-state index is -0.436. The standard InChI is InChI=1S/C14H20ClNO3/c1-14(2,3)16-8-10-5-6-12(11(15)7-10)19-9-13(17)18-4/h5-7,16H,8-9H2,1-4H3. The lowest BCUT2D eigenvalue weighted by molar-refractivity contribution is -0.142. The number of benzene rings is 1. The molecule has 19 heavy (non-hydrogen) atoms. The smallest absolute Gasteiger partial charge is 0.343 e. The molecule has 106 valence electrons. The Balaban J connectivity index is 2.61. The second-order valence-electron chi connectivity index (χ2n) is 5.23. The van der Waals surface area contributed by atoms with Gasteiger partial charge in [-0.2, -0.15) is 0 Å². The number of hydrogen-bond acceptors (Lipinski definition) is 4. The highest BCUT2D eigenvalue weighted by molar-refractivity contribution is 6.32. The monoisotopic (exact) mass is 285 g/mol. The third-order valence-electron chi connectivity index (χ3n) is 2.39. The van der Waals surface area contributed by atoms with Gasteiger partial charge in [-0.05, 0) is 38.5 Å². The van der Waals surface area contributed by atoms with Gasteiger partial charge < -0.3 is 14.8 Å². The van der Waals surface area contributed by atoms with Crippen LogP contribution >= 0.6 is 11.6 Å². The molecule has 0 unspecified atom stereocenters. The van der Waals surface area contributed by atoms with Crippen LogP contribution in [0.3, 0.4) is 0 Å². The molecule has 0 aliphatic heterocycles. The summed E-state index contributed by atoms with van der Waals surface area (Å²) < 4.78 is 9.76. The Morgan fingerprint density at radius 2 is 2.05 bits per heavy atom. The number of esters is 1. The van der Waals surface area contributed by atoms with Crippen molar-refractivity contribution >= 4 is 17.6 Å². The Morgan fingerprint density at radius 1 is 1.37 bits per heavy atom. The minimum Gasteiger partial charge on any atom is -0.480 e. The van der Waals surface area contributed by atoms with Gasteiger partial charge in [-0.25, -0.2) is 4.79 Å². The molecule has 0 radical (unpaired) electrons. The third-order valence-corrected chi connectivity index (χ3v) is 2.69. The van der Waals surface area contributed by atoms with Gasteiger partial charge in [0.05, 0.1) is 12.1 Å². The Labute approximate surface area is 119 Å². The van der Waals surface area contributed by atoms with Gasteiger partial charge in [0.25, 0.3) is 0 Å². The van der Waals surface area contributed by atoms with Gasteiger partial charge in [0.15, 0.2) is 6.61 Å². The molecule has 4 nitrogen and oxygen atoms in total. The lowest BCUT2D eigenvalue weighted by atomic mass is 10.1. The van der Waals surface area contributed by atoms with Crippen LogP contribution in [0.25, 0.3) is 0 Å². The molecule has 0 spiro atoms. The molecule has 0 aliphatic carbocycles. The summed E-state index contributed by atoms with van der Waals surface area (Å²) in [7, 11) is 1.31. The van der Waals surface area contributed by atoms with E-state index in [0.717, 1.165) is 12.1 Å². The average molecular weight is 286 g/mol. The largest absolute Gasteiger partial charge is 0.480 e. The number of carbonyl (C=O) groups excluding carboxylic acids is 1. The van der Waals surface area contributed by atoms with Crippen LogP contribution < -0.4 is 10.1 Å². The highest BCUT2D eigenvalue weighted by Crippen LogP contribution is 2.25. The molecule has 5 heteroatoms. The van der Waals surface area contributed by atoms with E-state index in [0.29, 0.717) is 10.8 Å². The number of methoxy groups -OCH3 is 1. The molecule has 0 aliphatic rings. The minimum absolute atomic E-state index is 0.0481. The fraction of sp³-hybridized carbons (Fsp3) is 0.500. The maximum atomic E-state index is 11.0. The molecule has 0 aromatic heterocycles. The molecule has 0 bridgehead atoms. The van der Waals surface area contributed by atoms with Crippen molar-refractivity contribution in [3.8, 4) is 5.75 Å². The van der Waals surface area contributed by atoms with Crippen molar-refractivity contribution in [2.24, 2.45) is 0 Å². The van der Waals surface area contributed by atoms with Gasteiger partial charge in [-0.15, -0.1) is 0 Å². The number of rotatable bonds is 5. The summed E-state index contributed by atoms with van der Waals surface area (Å²) in [4.78, 5) is 11.0. The predicted molar refractivity (Wildman–Crippen MR) is 75.6 cm³/mol. The summed E-state index contributed by atoms with van der Waals surface area (Å²) in [5, 5.41) is 3.85. The molecule has 0 heterocycles. The number of hydrogen-bond donors (Lipinski definition) is 1. The molecule has 0 amide bonds. The van der Waals surface area contributed by atoms with Crippen LogP contribution in [-0.2, 0) is 16.1 Å². The second kappa shape index (κ2) is 6.78. The number of halogens is 1. The van der Waals surface area contributed by atoms with Crippen molar-refractivity contribution in [3.63, 3.8) is 0 Å². The Bertz CT molecular complexity index is 441. The first-order chi connectivity index (χ1) is 8.81. The van der Waals surface area contributed by atoms with E-state index in [4.69, 9.17) is 16.3 Å². The van der Waals surface area contributed by atoms with E-state index in [2.05, 4.69) is 30.8 Å². The Hall–Kier alpha value is -1.26. The summed E-state index contributed by atoms with van der Waals surface area (Å²) in [5.74, 6) is 0.0427. The topological polar surface area (TPSA) is 47.6 Å². The van der Waals surface area contributed by atoms with Crippen LogP contribution in [0.4, 0.5) is 0 Å². The lowest BCUT2D eigenvalue weighted by Crippen LogP contribution is -2.35. The van der Waals surface area contributed by atoms with Gasteiger partial charge in [0.2, 0.25) is 0 Å². The summed E-state index contributed by atoms with van der Waals surface area (Å²) in [5.41, 5.74) is 1.11. The van der Waals surface area contributed by atoms with E-state index in [1.807, 2.05) is 12.1 Å². The van der Waals surface area contributed by atoms with Crippen molar-refractivity contribution in [1.82, 2.24) is 5.32 Å². The van der Waals surface area contributed by atoms with Crippen LogP contribution in [0.5, 0.6) is 5.75 Å². The Morgan fingerprint density at radius 3 is 2.58 bits per heavy atom. The summed E-state index contributed by atoms with van der Waals surface area (Å²) in [6.45, 7) is 6.88. The van der Waals surface area contributed by atoms with Gasteiger partial charge in [-0.3, -0.25) is 0 Å². The molecule has 0 atom stereocenters. The van der Waals surface area contributed by atoms with Crippen LogP contribution in [0.2, 0.25) is 5.02 Å². The first-order valence-corrected chi connectivity index (χ1v) is 6.42. The van der Waals surface area contributed by atoms with E-state index in [9.17, 15) is 4.79 Å². The molecule has 1 aromatic rings. The fourth-order valence-electron chi connectivity index (χ4n) is 1.33. The van der Waals surface area contributed by atoms with Crippen LogP contribution in [0.1, 0.15) is 26.3 Å². The van der Waals surface area contributed by atoms with Crippen molar-refractivity contribution in [2.75, 3.05) is 13.7 Å². The average Bonchev–Trinajstić information content (AvgIpc) is 2.34. The zero-order valence-electron chi connectivity index (χ0n) is 11.7. The first kappa shape index (κ1) is 15.8. The third kappa shape index (κ3) is 5.94. The highest BCUT2D eigenvalue weighted by Gasteiger charge is 2.10. The van der Waals surface area contributed by atoms with Gasteiger partial charge in [0.1, 0.15) is 5.75 Å². The Kier molecular flexibility index (Phi) is 5.63. The van der Waals surface area contributed by atoms with Crippen molar-refractivity contribution in [1.29, 1.82) is 0 Å². The van der Waals surface area contributed by atoms with E-state index in [-0.39, 0.29) is 12.1 Å². The van der Waals surface area contributed by atoms with E-state index < -0.39 is 5.97 Å². The van der Waals surface area contributed by atoms with Crippen molar-refractivity contribution < 1.29 is 14.3 Å². The van der Waals surface area contributed by atoms with E-state index >= 15 is 0 Å². The zero-order chi connectivity index (χ0) is 14.5. The second-order valence-corrected chi connectivity index (χ2v) is 5.64. The molecule has 0 saturated carbocycles. The predicted octanol–water partition coefficient (Wildman–Crippen LogP) is 2.78. The molecule has 1 N–H and O–H groups in total. The number of ether oxygens (including phenoxy) is 2. The van der Waals surface area contributed by atoms with Crippen molar-refractivity contribution in [2.45, 2.75) is 32.9 Å². The summed E-state index contributed by atoms with van der Waals surface area (Å²) in [6.07, 6.45) is 0. The molecule has 1 aromatic carbocycles. The maximum Gasteiger partial charge on any atom is 0.343 e. The molecule has 1 rings (SSSR count). The van der Waals surface area contributed by atoms with E-state index in [1.54, 1.807) is 6.07 Å². The normalized spacial score (nSPS) is 11.2.